The van der Waals surface area contributed by atoms with Gasteiger partial charge < -0.3 is 5.11 Å². The molecule has 57 heavy (non-hydrogen) atoms. The molecule has 6 unspecified atom stereocenters. The van der Waals surface area contributed by atoms with Crippen molar-refractivity contribution in [3.05, 3.63) is 139 Å². The van der Waals surface area contributed by atoms with E-state index < -0.39 is 69.5 Å². The molecule has 5 aromatic rings. The van der Waals surface area contributed by atoms with E-state index in [2.05, 4.69) is 33.0 Å². The number of hydrazine groups is 1. The summed E-state index contributed by atoms with van der Waals surface area (Å²) in [7, 11) is 0. The lowest BCUT2D eigenvalue weighted by atomic mass is 9.49. The fourth-order valence-corrected chi connectivity index (χ4v) is 10.2. The summed E-state index contributed by atoms with van der Waals surface area (Å²) < 4.78 is 41.5. The first kappa shape index (κ1) is 37.6. The highest BCUT2D eigenvalue weighted by atomic mass is 127. The van der Waals surface area contributed by atoms with Crippen LogP contribution in [0.15, 0.2) is 109 Å². The molecular weight excluding hydrogens is 895 g/mol. The number of halogens is 6. The number of phenols is 1. The Morgan fingerprint density at radius 3 is 2.30 bits per heavy atom. The van der Waals surface area contributed by atoms with Gasteiger partial charge in [-0.25, -0.2) is 4.98 Å². The second-order valence-corrected chi connectivity index (χ2v) is 16.7. The standard InChI is InChI=1S/C42H28Cl2F3IN4O5/c43-23-8-6-21(7-9-23)41-31(38(55)52(40(41)57)50-36-32(44)17-22(19-49-36)42(45,46)47)18-30-27(34(41)29-14-5-20-3-1-2-4-26(20)35(29)53)15-16-28-33(30)39(56)51(37(28)54)25-12-10-24(48)11-13-25/h1-15,17,19,28,30-31,33-34,53H,16,18H2,(H,49,50). The van der Waals surface area contributed by atoms with E-state index in [9.17, 15) is 32.7 Å². The summed E-state index contributed by atoms with van der Waals surface area (Å²) >= 11 is 14.8. The summed E-state index contributed by atoms with van der Waals surface area (Å²) in [5.41, 5.74) is 1.40. The van der Waals surface area contributed by atoms with E-state index in [4.69, 9.17) is 23.2 Å². The van der Waals surface area contributed by atoms with Gasteiger partial charge in [0.25, 0.3) is 11.8 Å². The highest BCUT2D eigenvalue weighted by Crippen LogP contribution is 2.65. The second-order valence-electron chi connectivity index (χ2n) is 14.6. The molecule has 3 fully saturated rings. The first-order chi connectivity index (χ1) is 27.2. The molecule has 9 rings (SSSR count). The van der Waals surface area contributed by atoms with Crippen LogP contribution in [0, 0.1) is 27.2 Å². The molecule has 0 radical (unpaired) electrons. The Bertz CT molecular complexity index is 2590. The van der Waals surface area contributed by atoms with Crippen molar-refractivity contribution in [3.8, 4) is 5.75 Å². The maximum Gasteiger partial charge on any atom is 0.417 e. The molecule has 2 aliphatic carbocycles. The number of carbonyl (C=O) groups is 4. The minimum atomic E-state index is -4.76. The summed E-state index contributed by atoms with van der Waals surface area (Å²) in [6.45, 7) is 0. The van der Waals surface area contributed by atoms with Crippen molar-refractivity contribution < 1.29 is 37.5 Å². The number of benzene rings is 4. The number of anilines is 2. The van der Waals surface area contributed by atoms with E-state index in [1.54, 1.807) is 72.8 Å². The molecule has 4 aromatic carbocycles. The first-order valence-electron chi connectivity index (χ1n) is 17.9. The number of aromatic nitrogens is 1. The third kappa shape index (κ3) is 5.67. The molecule has 2 N–H and O–H groups in total. The monoisotopic (exact) mass is 922 g/mol. The molecule has 0 spiro atoms. The minimum Gasteiger partial charge on any atom is -0.507 e. The van der Waals surface area contributed by atoms with Gasteiger partial charge in [-0.15, -0.1) is 0 Å². The Hall–Kier alpha value is -4.99. The normalized spacial score (nSPS) is 25.7. The number of aromatic hydroxyl groups is 1. The van der Waals surface area contributed by atoms with Crippen LogP contribution in [0.2, 0.25) is 10.0 Å². The molecule has 0 bridgehead atoms. The third-order valence-electron chi connectivity index (χ3n) is 11.9. The fraction of sp³-hybridized carbons (Fsp3) is 0.214. The highest BCUT2D eigenvalue weighted by molar-refractivity contribution is 14.1. The van der Waals surface area contributed by atoms with E-state index in [-0.39, 0.29) is 30.3 Å². The molecule has 4 aliphatic rings. The molecule has 15 heteroatoms. The van der Waals surface area contributed by atoms with Crippen LogP contribution in [0.3, 0.4) is 0 Å². The van der Waals surface area contributed by atoms with Gasteiger partial charge >= 0.3 is 6.18 Å². The van der Waals surface area contributed by atoms with Gasteiger partial charge in [-0.05, 0) is 94.8 Å². The van der Waals surface area contributed by atoms with Gasteiger partial charge in [-0.3, -0.25) is 29.5 Å². The summed E-state index contributed by atoms with van der Waals surface area (Å²) in [5.74, 6) is -7.56. The second kappa shape index (κ2) is 13.6. The number of allylic oxidation sites excluding steroid dienone is 2. The number of nitrogens with one attached hydrogen (secondary N) is 1. The summed E-state index contributed by atoms with van der Waals surface area (Å²) in [5, 5.41) is 14.0. The first-order valence-corrected chi connectivity index (χ1v) is 19.7. The Morgan fingerprint density at radius 2 is 1.60 bits per heavy atom. The van der Waals surface area contributed by atoms with Crippen molar-refractivity contribution in [2.45, 2.75) is 30.4 Å². The number of hydrogen-bond acceptors (Lipinski definition) is 7. The van der Waals surface area contributed by atoms with E-state index in [0.717, 1.165) is 8.58 Å². The number of hydrogen-bond donors (Lipinski definition) is 2. The Labute approximate surface area is 346 Å². The zero-order valence-corrected chi connectivity index (χ0v) is 33.0. The number of fused-ring (bicyclic) bond motifs is 5. The van der Waals surface area contributed by atoms with E-state index >= 15 is 4.79 Å². The fourth-order valence-electron chi connectivity index (χ4n) is 9.48. The van der Waals surface area contributed by atoms with Crippen LogP contribution in [0.25, 0.3) is 10.8 Å². The molecule has 2 aliphatic heterocycles. The summed E-state index contributed by atoms with van der Waals surface area (Å²) in [4.78, 5) is 64.1. The van der Waals surface area contributed by atoms with Gasteiger partial charge in [-0.2, -0.15) is 18.2 Å². The zero-order chi connectivity index (χ0) is 40.1. The smallest absolute Gasteiger partial charge is 0.417 e. The average Bonchev–Trinajstić information content (AvgIpc) is 3.57. The molecule has 3 heterocycles. The van der Waals surface area contributed by atoms with Crippen molar-refractivity contribution >= 4 is 91.7 Å². The zero-order valence-electron chi connectivity index (χ0n) is 29.3. The minimum absolute atomic E-state index is 0.0586. The Kier molecular flexibility index (Phi) is 8.94. The Morgan fingerprint density at radius 1 is 0.877 bits per heavy atom. The van der Waals surface area contributed by atoms with Gasteiger partial charge in [0.05, 0.1) is 39.4 Å². The van der Waals surface area contributed by atoms with Gasteiger partial charge in [-0.1, -0.05) is 83.4 Å². The number of alkyl halides is 3. The quantitative estimate of drug-likeness (QED) is 0.103. The van der Waals surface area contributed by atoms with Gasteiger partial charge in [0.15, 0.2) is 5.82 Å². The number of carbonyl (C=O) groups excluding carboxylic acids is 4. The number of phenolic OH excluding ortho intramolecular Hbond substituents is 1. The number of pyridine rings is 1. The predicted molar refractivity (Wildman–Crippen MR) is 214 cm³/mol. The lowest BCUT2D eigenvalue weighted by molar-refractivity contribution is -0.139. The lowest BCUT2D eigenvalue weighted by Gasteiger charge is -2.50. The number of imide groups is 2. The van der Waals surface area contributed by atoms with Gasteiger partial charge in [0.2, 0.25) is 11.8 Å². The van der Waals surface area contributed by atoms with Crippen molar-refractivity contribution in [1.82, 2.24) is 9.99 Å². The van der Waals surface area contributed by atoms with Gasteiger partial charge in [0.1, 0.15) is 5.75 Å². The predicted octanol–water partition coefficient (Wildman–Crippen LogP) is 9.06. The Balaban J connectivity index is 1.25. The van der Waals surface area contributed by atoms with Crippen molar-refractivity contribution in [3.63, 3.8) is 0 Å². The van der Waals surface area contributed by atoms with Crippen LogP contribution in [0.1, 0.15) is 35.4 Å². The SMILES string of the molecule is O=C1C2CC3C(=CCC4C(=O)N(c5ccc(I)cc5)C(=O)C43)C(c3ccc4ccccc4c3O)C2(c2ccc(Cl)cc2)C(=O)N1Nc1ncc(C(F)(F)F)cc1Cl. The molecular formula is C42H28Cl2F3IN4O5. The van der Waals surface area contributed by atoms with Gasteiger partial charge in [0, 0.05) is 31.7 Å². The molecule has 288 valence electrons. The number of nitrogens with zero attached hydrogens (tertiary/aromatic N) is 3. The maximum atomic E-state index is 15.5. The lowest BCUT2D eigenvalue weighted by Crippen LogP contribution is -2.53. The molecule has 1 saturated carbocycles. The van der Waals surface area contributed by atoms with Crippen LogP contribution in [-0.2, 0) is 30.8 Å². The topological polar surface area (TPSA) is 120 Å². The van der Waals surface area contributed by atoms with Crippen LogP contribution in [-0.4, -0.2) is 38.7 Å². The molecule has 6 atom stereocenters. The highest BCUT2D eigenvalue weighted by Gasteiger charge is 2.70. The van der Waals surface area contributed by atoms with E-state index in [1.165, 1.54) is 4.90 Å². The molecule has 9 nitrogen and oxygen atoms in total. The van der Waals surface area contributed by atoms with Crippen molar-refractivity contribution in [2.75, 3.05) is 10.3 Å². The number of rotatable bonds is 5. The summed E-state index contributed by atoms with van der Waals surface area (Å²) in [6, 6.07) is 24.7. The van der Waals surface area contributed by atoms with Crippen LogP contribution in [0.4, 0.5) is 24.7 Å². The van der Waals surface area contributed by atoms with Crippen molar-refractivity contribution in [2.24, 2.45) is 23.7 Å². The average molecular weight is 924 g/mol. The largest absolute Gasteiger partial charge is 0.507 e. The van der Waals surface area contributed by atoms with Crippen LogP contribution >= 0.6 is 45.8 Å². The van der Waals surface area contributed by atoms with Crippen LogP contribution in [0.5, 0.6) is 5.75 Å². The molecule has 1 aromatic heterocycles. The van der Waals surface area contributed by atoms with Crippen LogP contribution < -0.4 is 10.3 Å². The molecule has 4 amide bonds. The van der Waals surface area contributed by atoms with Crippen molar-refractivity contribution in [1.29, 1.82) is 0 Å². The van der Waals surface area contributed by atoms with E-state index in [0.29, 0.717) is 50.4 Å². The summed E-state index contributed by atoms with van der Waals surface area (Å²) in [6.07, 6.45) is -2.25. The maximum absolute atomic E-state index is 15.5. The van der Waals surface area contributed by atoms with E-state index in [1.807, 2.05) is 18.2 Å². The number of amides is 4. The molecule has 2 saturated heterocycles. The third-order valence-corrected chi connectivity index (χ3v) is 13.1.